The molecule has 0 radical (unpaired) electrons. The van der Waals surface area contributed by atoms with Crippen LogP contribution in [0.4, 0.5) is 4.79 Å². The quantitative estimate of drug-likeness (QED) is 0.0284. The summed E-state index contributed by atoms with van der Waals surface area (Å²) in [7, 11) is 0. The Hall–Kier alpha value is -6.53. The Bertz CT molecular complexity index is 1710. The minimum Gasteiger partial charge on any atom is -0.481 e. The highest BCUT2D eigenvalue weighted by Crippen LogP contribution is 2.10. The molecule has 3 unspecified atom stereocenters. The number of ether oxygens (including phenoxy) is 1. The Morgan fingerprint density at radius 2 is 1.26 bits per heavy atom. The number of carbonyl (C=O) groups is 8. The van der Waals surface area contributed by atoms with Crippen LogP contribution in [0, 0.1) is 11.3 Å². The maximum Gasteiger partial charge on any atom is 0.408 e. The van der Waals surface area contributed by atoms with E-state index in [-0.39, 0.29) is 50.7 Å². The molecule has 0 heterocycles. The van der Waals surface area contributed by atoms with Crippen molar-refractivity contribution in [1.82, 2.24) is 31.9 Å². The Balaban J connectivity index is 2.18. The molecule has 19 nitrogen and oxygen atoms in total. The number of carboxylic acid groups (broad SMARTS) is 1. The van der Waals surface area contributed by atoms with Gasteiger partial charge in [-0.2, -0.15) is 0 Å². The number of carboxylic acids is 1. The molecule has 0 aromatic heterocycles. The average Bonchev–Trinajstić information content (AvgIpc) is 3.16. The highest BCUT2D eigenvalue weighted by atomic mass is 16.5. The van der Waals surface area contributed by atoms with E-state index < -0.39 is 90.4 Å². The number of alkyl carbamates (subject to hydrolysis) is 1. The number of Topliss-reactive ketones (excluding diaryl/α,β-unsaturated/α-hetero) is 1. The lowest BCUT2D eigenvalue weighted by Gasteiger charge is -2.25. The first kappa shape index (κ1) is 46.6. The first-order valence-corrected chi connectivity index (χ1v) is 18.3. The summed E-state index contributed by atoms with van der Waals surface area (Å²) in [6.07, 6.45) is -1.50. The van der Waals surface area contributed by atoms with Crippen LogP contribution in [0.5, 0.6) is 0 Å². The molecule has 19 heteroatoms. The number of ketones is 1. The molecule has 5 atom stereocenters. The molecule has 0 fully saturated rings. The Kier molecular flexibility index (Phi) is 19.7. The third kappa shape index (κ3) is 18.1. The lowest BCUT2D eigenvalue weighted by molar-refractivity contribution is -0.141. The van der Waals surface area contributed by atoms with Gasteiger partial charge in [-0.25, -0.2) is 4.79 Å². The fourth-order valence-corrected chi connectivity index (χ4v) is 5.35. The first-order chi connectivity index (χ1) is 27.0. The van der Waals surface area contributed by atoms with Gasteiger partial charge in [-0.1, -0.05) is 74.5 Å². The zero-order valence-electron chi connectivity index (χ0n) is 32.2. The van der Waals surface area contributed by atoms with Gasteiger partial charge in [0, 0.05) is 19.4 Å². The molecule has 57 heavy (non-hydrogen) atoms. The van der Waals surface area contributed by atoms with Crippen molar-refractivity contribution in [3.63, 3.8) is 0 Å². The van der Waals surface area contributed by atoms with E-state index in [0.717, 1.165) is 5.56 Å². The number of aliphatic carboxylic acids is 1. The third-order valence-electron chi connectivity index (χ3n) is 8.33. The molecule has 2 rings (SSSR count). The van der Waals surface area contributed by atoms with Crippen LogP contribution >= 0.6 is 0 Å². The molecule has 0 saturated heterocycles. The van der Waals surface area contributed by atoms with E-state index in [9.17, 15) is 43.5 Å². The summed E-state index contributed by atoms with van der Waals surface area (Å²) in [4.78, 5) is 103. The van der Waals surface area contributed by atoms with E-state index in [1.807, 2.05) is 19.9 Å². The van der Waals surface area contributed by atoms with Crippen LogP contribution in [0.25, 0.3) is 0 Å². The van der Waals surface area contributed by atoms with Gasteiger partial charge < -0.3 is 53.2 Å². The molecule has 310 valence electrons. The number of carbonyl (C=O) groups excluding carboxylic acids is 7. The molecule has 2 aromatic rings. The molecule has 0 bridgehead atoms. The number of nitrogens with one attached hydrogen (secondary N) is 7. The van der Waals surface area contributed by atoms with Gasteiger partial charge >= 0.3 is 12.1 Å². The van der Waals surface area contributed by atoms with Gasteiger partial charge in [-0.3, -0.25) is 39.0 Å². The van der Waals surface area contributed by atoms with Crippen molar-refractivity contribution >= 4 is 53.3 Å². The van der Waals surface area contributed by atoms with Crippen LogP contribution in [-0.4, -0.2) is 95.2 Å². The Morgan fingerprint density at radius 3 is 1.82 bits per heavy atom. The standard InChI is InChI=1S/C38H53N9O10/c1-22(2)19-29(47-38(56)57-21-25-13-8-5-9-14-25)35(54)46-28(20-24-11-6-4-7-12-24)31(50)36(55)43-23(3)33(52)45-27(16-17-30(48)49)34(53)44-26(32(39)51)15-10-18-42-37(40)41/h4-9,11-14,22-23,26-29H,10,15-21H2,1-3H3,(H2,39,51)(H,43,55)(H,44,53)(H,45,52)(H,46,54)(H,47,56)(H,48,49)(H4,40,41,42)/t23-,26-,27?,28?,29?/m0/s1. The smallest absolute Gasteiger partial charge is 0.408 e. The molecule has 0 saturated carbocycles. The van der Waals surface area contributed by atoms with E-state index in [1.54, 1.807) is 54.6 Å². The summed E-state index contributed by atoms with van der Waals surface area (Å²) in [6, 6.07) is 10.6. The largest absolute Gasteiger partial charge is 0.481 e. The minimum absolute atomic E-state index is 0.0306. The van der Waals surface area contributed by atoms with Gasteiger partial charge in [-0.05, 0) is 49.7 Å². The molecule has 12 N–H and O–H groups in total. The van der Waals surface area contributed by atoms with Crippen molar-refractivity contribution in [2.24, 2.45) is 17.4 Å². The number of hydrogen-bond donors (Lipinski definition) is 10. The zero-order chi connectivity index (χ0) is 42.5. The van der Waals surface area contributed by atoms with Crippen molar-refractivity contribution < 1.29 is 48.2 Å². The second-order valence-electron chi connectivity index (χ2n) is 13.6. The van der Waals surface area contributed by atoms with Crippen molar-refractivity contribution in [3.8, 4) is 0 Å². The number of nitrogens with two attached hydrogens (primary N) is 2. The SMILES string of the molecule is CC(C)CC(NC(=O)OCc1ccccc1)C(=O)NC(Cc1ccccc1)C(=O)C(=O)N[C@@H](C)C(=O)NC(CCC(=O)O)C(=O)N[C@@H](CCCNC(=N)N)C(N)=O. The number of amides is 6. The lowest BCUT2D eigenvalue weighted by Crippen LogP contribution is -2.58. The van der Waals surface area contributed by atoms with Crippen molar-refractivity contribution in [2.45, 2.75) is 96.1 Å². The van der Waals surface area contributed by atoms with E-state index in [2.05, 4.69) is 31.9 Å². The number of benzene rings is 2. The van der Waals surface area contributed by atoms with Crippen LogP contribution in [0.3, 0.4) is 0 Å². The van der Waals surface area contributed by atoms with Crippen molar-refractivity contribution in [3.05, 3.63) is 71.8 Å². The van der Waals surface area contributed by atoms with E-state index in [0.29, 0.717) is 5.56 Å². The second kappa shape index (κ2) is 24.1. The van der Waals surface area contributed by atoms with Gasteiger partial charge in [0.25, 0.3) is 5.91 Å². The van der Waals surface area contributed by atoms with E-state index in [4.69, 9.17) is 21.6 Å². The third-order valence-corrected chi connectivity index (χ3v) is 8.33. The van der Waals surface area contributed by atoms with Gasteiger partial charge in [0.2, 0.25) is 29.4 Å². The molecule has 0 aliphatic heterocycles. The maximum absolute atomic E-state index is 13.6. The Morgan fingerprint density at radius 1 is 0.702 bits per heavy atom. The number of rotatable bonds is 24. The first-order valence-electron chi connectivity index (χ1n) is 18.3. The summed E-state index contributed by atoms with van der Waals surface area (Å²) < 4.78 is 5.28. The molecule has 0 aliphatic carbocycles. The summed E-state index contributed by atoms with van der Waals surface area (Å²) in [5, 5.41) is 31.1. The summed E-state index contributed by atoms with van der Waals surface area (Å²) >= 11 is 0. The normalized spacial score (nSPS) is 13.3. The Labute approximate surface area is 330 Å². The van der Waals surface area contributed by atoms with Gasteiger partial charge in [-0.15, -0.1) is 0 Å². The van der Waals surface area contributed by atoms with Crippen LogP contribution in [0.2, 0.25) is 0 Å². The minimum atomic E-state index is -1.49. The van der Waals surface area contributed by atoms with Crippen LogP contribution < -0.4 is 43.4 Å². The van der Waals surface area contributed by atoms with Crippen LogP contribution in [0.1, 0.15) is 64.0 Å². The maximum atomic E-state index is 13.6. The molecular formula is C38H53N9O10. The highest BCUT2D eigenvalue weighted by molar-refractivity contribution is 6.38. The topological polar surface area (TPSA) is 314 Å². The van der Waals surface area contributed by atoms with Crippen LogP contribution in [0.15, 0.2) is 60.7 Å². The molecule has 0 aliphatic rings. The molecule has 0 spiro atoms. The lowest BCUT2D eigenvalue weighted by atomic mass is 9.99. The van der Waals surface area contributed by atoms with E-state index >= 15 is 0 Å². The van der Waals surface area contributed by atoms with Gasteiger partial charge in [0.15, 0.2) is 5.96 Å². The molecule has 2 aromatic carbocycles. The molecular weight excluding hydrogens is 742 g/mol. The highest BCUT2D eigenvalue weighted by Gasteiger charge is 2.33. The molecule has 6 amide bonds. The number of guanidine groups is 1. The monoisotopic (exact) mass is 795 g/mol. The fourth-order valence-electron chi connectivity index (χ4n) is 5.35. The predicted octanol–water partition coefficient (Wildman–Crippen LogP) is -0.288. The number of hydrogen-bond acceptors (Lipinski definition) is 10. The van der Waals surface area contributed by atoms with Gasteiger partial charge in [0.1, 0.15) is 36.8 Å². The summed E-state index contributed by atoms with van der Waals surface area (Å²) in [6.45, 7) is 5.01. The fraction of sp³-hybridized carbons (Fsp3) is 0.447. The summed E-state index contributed by atoms with van der Waals surface area (Å²) in [5.41, 5.74) is 12.0. The zero-order valence-corrected chi connectivity index (χ0v) is 32.2. The van der Waals surface area contributed by atoms with Gasteiger partial charge in [0.05, 0.1) is 0 Å². The summed E-state index contributed by atoms with van der Waals surface area (Å²) in [5.74, 6) is -7.60. The van der Waals surface area contributed by atoms with Crippen LogP contribution in [-0.2, 0) is 51.3 Å². The number of primary amides is 1. The second-order valence-corrected chi connectivity index (χ2v) is 13.6. The predicted molar refractivity (Wildman–Crippen MR) is 207 cm³/mol. The average molecular weight is 796 g/mol. The van der Waals surface area contributed by atoms with Crippen molar-refractivity contribution in [2.75, 3.05) is 6.54 Å². The van der Waals surface area contributed by atoms with E-state index in [1.165, 1.54) is 6.92 Å². The van der Waals surface area contributed by atoms with Crippen molar-refractivity contribution in [1.29, 1.82) is 5.41 Å².